The van der Waals surface area contributed by atoms with Crippen LogP contribution in [0, 0.1) is 5.92 Å². The van der Waals surface area contributed by atoms with E-state index in [1.54, 1.807) is 0 Å². The second kappa shape index (κ2) is 4.86. The van der Waals surface area contributed by atoms with Crippen molar-refractivity contribution in [2.75, 3.05) is 31.6 Å². The largest absolute Gasteiger partial charge is 0.310 e. The van der Waals surface area contributed by atoms with E-state index in [2.05, 4.69) is 35.9 Å². The molecule has 2 fully saturated rings. The predicted molar refractivity (Wildman–Crippen MR) is 63.9 cm³/mol. The zero-order valence-electron chi connectivity index (χ0n) is 9.33. The molecular weight excluding hydrogens is 192 g/mol. The van der Waals surface area contributed by atoms with E-state index in [9.17, 15) is 0 Å². The Morgan fingerprint density at radius 2 is 2.21 bits per heavy atom. The van der Waals surface area contributed by atoms with Gasteiger partial charge in [-0.05, 0) is 38.1 Å². The van der Waals surface area contributed by atoms with E-state index in [1.165, 1.54) is 37.4 Å². The maximum atomic E-state index is 3.84. The number of nitrogens with zero attached hydrogens (tertiary/aromatic N) is 1. The minimum atomic E-state index is 0.773. The highest BCUT2D eigenvalue weighted by Gasteiger charge is 2.27. The fourth-order valence-corrected chi connectivity index (χ4v) is 3.74. The summed E-state index contributed by atoms with van der Waals surface area (Å²) < 4.78 is 0. The first-order valence-corrected chi connectivity index (χ1v) is 6.93. The molecule has 0 radical (unpaired) electrons. The quantitative estimate of drug-likeness (QED) is 0.748. The number of piperidine rings is 1. The number of rotatable bonds is 2. The van der Waals surface area contributed by atoms with E-state index in [1.807, 2.05) is 0 Å². The van der Waals surface area contributed by atoms with Gasteiger partial charge in [0.25, 0.3) is 0 Å². The van der Waals surface area contributed by atoms with E-state index in [0.717, 1.165) is 18.0 Å². The zero-order valence-corrected chi connectivity index (χ0v) is 10.1. The van der Waals surface area contributed by atoms with Gasteiger partial charge in [-0.25, -0.2) is 0 Å². The maximum Gasteiger partial charge on any atom is 0.0168 e. The van der Waals surface area contributed by atoms with Crippen molar-refractivity contribution in [2.24, 2.45) is 5.92 Å². The minimum Gasteiger partial charge on any atom is -0.310 e. The maximum absolute atomic E-state index is 3.84. The van der Waals surface area contributed by atoms with Gasteiger partial charge in [0.1, 0.15) is 0 Å². The summed E-state index contributed by atoms with van der Waals surface area (Å²) in [6, 6.07) is 1.57. The van der Waals surface area contributed by atoms with Crippen molar-refractivity contribution in [3.63, 3.8) is 0 Å². The van der Waals surface area contributed by atoms with Crippen molar-refractivity contribution in [3.8, 4) is 0 Å². The Morgan fingerprint density at radius 1 is 1.36 bits per heavy atom. The molecule has 2 aliphatic heterocycles. The molecule has 0 aromatic rings. The predicted octanol–water partition coefficient (Wildman–Crippen LogP) is 1.42. The van der Waals surface area contributed by atoms with Crippen LogP contribution in [0.1, 0.15) is 19.8 Å². The van der Waals surface area contributed by atoms with Crippen molar-refractivity contribution in [2.45, 2.75) is 31.8 Å². The first-order valence-electron chi connectivity index (χ1n) is 5.78. The lowest BCUT2D eigenvalue weighted by molar-refractivity contribution is 0.168. The van der Waals surface area contributed by atoms with Crippen molar-refractivity contribution in [1.29, 1.82) is 0 Å². The molecule has 0 amide bonds. The topological polar surface area (TPSA) is 15.3 Å². The highest BCUT2D eigenvalue weighted by Crippen LogP contribution is 2.21. The number of likely N-dealkylation sites (tertiary alicyclic amines) is 1. The molecule has 0 spiro atoms. The van der Waals surface area contributed by atoms with Crippen LogP contribution in [-0.4, -0.2) is 48.6 Å². The van der Waals surface area contributed by atoms with Crippen LogP contribution in [0.3, 0.4) is 0 Å². The lowest BCUT2D eigenvalue weighted by atomic mass is 9.93. The molecular formula is C11H22N2S. The lowest BCUT2D eigenvalue weighted by Crippen LogP contribution is -2.50. The third kappa shape index (κ3) is 2.65. The van der Waals surface area contributed by atoms with Crippen molar-refractivity contribution >= 4 is 11.8 Å². The minimum absolute atomic E-state index is 0.773. The highest BCUT2D eigenvalue weighted by atomic mass is 32.2. The van der Waals surface area contributed by atoms with Crippen molar-refractivity contribution in [1.82, 2.24) is 10.2 Å². The van der Waals surface area contributed by atoms with Crippen LogP contribution in [0.4, 0.5) is 0 Å². The molecule has 82 valence electrons. The molecule has 0 aromatic carbocycles. The Hall–Kier alpha value is 0.270. The van der Waals surface area contributed by atoms with E-state index in [0.29, 0.717) is 0 Å². The van der Waals surface area contributed by atoms with E-state index in [-0.39, 0.29) is 0 Å². The Labute approximate surface area is 91.8 Å². The van der Waals surface area contributed by atoms with Gasteiger partial charge in [-0.2, -0.15) is 11.8 Å². The van der Waals surface area contributed by atoms with Gasteiger partial charge in [-0.1, -0.05) is 6.92 Å². The standard InChI is InChI=1S/C11H22N2S/c1-9-7-13(2)5-3-11(9)12-10-4-6-14-8-10/h9-12H,3-8H2,1-2H3. The molecule has 1 N–H and O–H groups in total. The fourth-order valence-electron chi connectivity index (χ4n) is 2.57. The van der Waals surface area contributed by atoms with Gasteiger partial charge in [-0.15, -0.1) is 0 Å². The molecule has 2 aliphatic rings. The van der Waals surface area contributed by atoms with Crippen molar-refractivity contribution < 1.29 is 0 Å². The number of hydrogen-bond acceptors (Lipinski definition) is 3. The van der Waals surface area contributed by atoms with Gasteiger partial charge >= 0.3 is 0 Å². The summed E-state index contributed by atoms with van der Waals surface area (Å²) in [5, 5.41) is 3.84. The van der Waals surface area contributed by atoms with E-state index < -0.39 is 0 Å². The van der Waals surface area contributed by atoms with Crippen molar-refractivity contribution in [3.05, 3.63) is 0 Å². The average molecular weight is 214 g/mol. The highest BCUT2D eigenvalue weighted by molar-refractivity contribution is 7.99. The number of hydrogen-bond donors (Lipinski definition) is 1. The van der Waals surface area contributed by atoms with Crippen LogP contribution >= 0.6 is 11.8 Å². The summed E-state index contributed by atoms with van der Waals surface area (Å²) in [6.45, 7) is 4.91. The van der Waals surface area contributed by atoms with Gasteiger partial charge in [0.05, 0.1) is 0 Å². The van der Waals surface area contributed by atoms with Crippen LogP contribution in [-0.2, 0) is 0 Å². The van der Waals surface area contributed by atoms with Gasteiger partial charge in [-0.3, -0.25) is 0 Å². The molecule has 3 unspecified atom stereocenters. The molecule has 2 saturated heterocycles. The molecule has 2 nitrogen and oxygen atoms in total. The second-order valence-corrected chi connectivity index (χ2v) is 6.01. The molecule has 0 bridgehead atoms. The molecule has 14 heavy (non-hydrogen) atoms. The molecule has 3 heteroatoms. The summed E-state index contributed by atoms with van der Waals surface area (Å²) in [5.74, 6) is 3.51. The SMILES string of the molecule is CC1CN(C)CCC1NC1CCSC1. The van der Waals surface area contributed by atoms with Gasteiger partial charge in [0.2, 0.25) is 0 Å². The Morgan fingerprint density at radius 3 is 2.86 bits per heavy atom. The molecule has 0 aromatic heterocycles. The number of thioether (sulfide) groups is 1. The third-order valence-electron chi connectivity index (χ3n) is 3.49. The first kappa shape index (κ1) is 10.8. The molecule has 0 aliphatic carbocycles. The molecule has 2 heterocycles. The summed E-state index contributed by atoms with van der Waals surface area (Å²) in [7, 11) is 2.23. The van der Waals surface area contributed by atoms with Crippen LogP contribution in [0.15, 0.2) is 0 Å². The zero-order chi connectivity index (χ0) is 9.97. The Balaban J connectivity index is 1.79. The van der Waals surface area contributed by atoms with Gasteiger partial charge in [0.15, 0.2) is 0 Å². The van der Waals surface area contributed by atoms with Gasteiger partial charge in [0, 0.05) is 24.4 Å². The lowest BCUT2D eigenvalue weighted by Gasteiger charge is -2.36. The second-order valence-electron chi connectivity index (χ2n) is 4.86. The first-order chi connectivity index (χ1) is 6.75. The average Bonchev–Trinajstić information content (AvgIpc) is 2.62. The third-order valence-corrected chi connectivity index (χ3v) is 4.65. The Bertz CT molecular complexity index is 180. The fraction of sp³-hybridized carbons (Fsp3) is 1.00. The molecule has 0 saturated carbocycles. The molecule has 3 atom stereocenters. The Kier molecular flexibility index (Phi) is 3.74. The van der Waals surface area contributed by atoms with Crippen LogP contribution in [0.2, 0.25) is 0 Å². The summed E-state index contributed by atoms with van der Waals surface area (Å²) >= 11 is 2.10. The van der Waals surface area contributed by atoms with E-state index in [4.69, 9.17) is 0 Å². The summed E-state index contributed by atoms with van der Waals surface area (Å²) in [5.41, 5.74) is 0. The van der Waals surface area contributed by atoms with E-state index >= 15 is 0 Å². The van der Waals surface area contributed by atoms with Crippen LogP contribution in [0.5, 0.6) is 0 Å². The van der Waals surface area contributed by atoms with Crippen LogP contribution in [0.25, 0.3) is 0 Å². The normalized spacial score (nSPS) is 40.3. The molecule has 2 rings (SSSR count). The summed E-state index contributed by atoms with van der Waals surface area (Å²) in [4.78, 5) is 2.45. The smallest absolute Gasteiger partial charge is 0.0168 e. The number of nitrogens with one attached hydrogen (secondary N) is 1. The summed E-state index contributed by atoms with van der Waals surface area (Å²) in [6.07, 6.45) is 2.71. The monoisotopic (exact) mass is 214 g/mol. The van der Waals surface area contributed by atoms with Gasteiger partial charge < -0.3 is 10.2 Å². The van der Waals surface area contributed by atoms with Crippen LogP contribution < -0.4 is 5.32 Å².